The molecule has 0 heterocycles. The van der Waals surface area contributed by atoms with E-state index in [4.69, 9.17) is 11.6 Å². The van der Waals surface area contributed by atoms with Gasteiger partial charge in [-0.3, -0.25) is 4.79 Å². The maximum atomic E-state index is 13.6. The number of nitrogens with one attached hydrogen (secondary N) is 1. The molecule has 0 bridgehead atoms. The summed E-state index contributed by atoms with van der Waals surface area (Å²) in [6.45, 7) is 1.91. The Kier molecular flexibility index (Phi) is 5.34. The van der Waals surface area contributed by atoms with E-state index in [1.165, 1.54) is 23.8 Å². The largest absolute Gasteiger partial charge is 0.349 e. The van der Waals surface area contributed by atoms with Crippen molar-refractivity contribution in [3.63, 3.8) is 0 Å². The molecule has 0 fully saturated rings. The van der Waals surface area contributed by atoms with Gasteiger partial charge in [0.05, 0.1) is 5.56 Å². The highest BCUT2D eigenvalue weighted by molar-refractivity contribution is 6.31. The second-order valence-corrected chi connectivity index (χ2v) is 5.46. The van der Waals surface area contributed by atoms with Crippen molar-refractivity contribution < 1.29 is 9.18 Å². The molecule has 1 atom stereocenters. The van der Waals surface area contributed by atoms with Crippen molar-refractivity contribution in [2.24, 2.45) is 0 Å². The van der Waals surface area contributed by atoms with Crippen molar-refractivity contribution in [1.82, 2.24) is 5.32 Å². The molecular formula is C17H17ClFNO. The lowest BCUT2D eigenvalue weighted by molar-refractivity contribution is 0.0934. The molecule has 0 aliphatic rings. The summed E-state index contributed by atoms with van der Waals surface area (Å²) in [5.41, 5.74) is 1.20. The van der Waals surface area contributed by atoms with Crippen LogP contribution in [0.1, 0.15) is 29.3 Å². The number of hydrogen-bond acceptors (Lipinski definition) is 1. The van der Waals surface area contributed by atoms with Crippen molar-refractivity contribution >= 4 is 17.5 Å². The van der Waals surface area contributed by atoms with Crippen LogP contribution < -0.4 is 5.32 Å². The Hall–Kier alpha value is -1.87. The number of rotatable bonds is 5. The summed E-state index contributed by atoms with van der Waals surface area (Å²) in [4.78, 5) is 12.0. The van der Waals surface area contributed by atoms with E-state index >= 15 is 0 Å². The van der Waals surface area contributed by atoms with Crippen LogP contribution in [0.15, 0.2) is 48.5 Å². The van der Waals surface area contributed by atoms with Crippen molar-refractivity contribution in [3.05, 3.63) is 70.5 Å². The van der Waals surface area contributed by atoms with Crippen molar-refractivity contribution in [3.8, 4) is 0 Å². The first-order valence-electron chi connectivity index (χ1n) is 6.86. The molecule has 2 rings (SSSR count). The zero-order chi connectivity index (χ0) is 15.2. The zero-order valence-electron chi connectivity index (χ0n) is 11.8. The number of carbonyl (C=O) groups is 1. The van der Waals surface area contributed by atoms with Crippen LogP contribution in [-0.4, -0.2) is 11.9 Å². The lowest BCUT2D eigenvalue weighted by Crippen LogP contribution is -2.33. The molecule has 2 nitrogen and oxygen atoms in total. The van der Waals surface area contributed by atoms with Gasteiger partial charge in [-0.2, -0.15) is 0 Å². The van der Waals surface area contributed by atoms with E-state index in [1.54, 1.807) is 0 Å². The Balaban J connectivity index is 1.91. The lowest BCUT2D eigenvalue weighted by atomic mass is 10.1. The Morgan fingerprint density at radius 2 is 1.95 bits per heavy atom. The maximum Gasteiger partial charge on any atom is 0.254 e. The average molecular weight is 306 g/mol. The monoisotopic (exact) mass is 305 g/mol. The van der Waals surface area contributed by atoms with E-state index in [9.17, 15) is 9.18 Å². The Labute approximate surface area is 128 Å². The van der Waals surface area contributed by atoms with Crippen LogP contribution in [0.4, 0.5) is 4.39 Å². The number of aryl methyl sites for hydroxylation is 1. The molecule has 0 radical (unpaired) electrons. The molecule has 0 aliphatic heterocycles. The van der Waals surface area contributed by atoms with Gasteiger partial charge in [0.15, 0.2) is 0 Å². The minimum atomic E-state index is -0.563. The van der Waals surface area contributed by atoms with Crippen molar-refractivity contribution in [2.45, 2.75) is 25.8 Å². The number of amides is 1. The molecule has 4 heteroatoms. The number of halogens is 2. The van der Waals surface area contributed by atoms with Crippen LogP contribution in [0.3, 0.4) is 0 Å². The summed E-state index contributed by atoms with van der Waals surface area (Å²) in [5, 5.41) is 3.14. The molecule has 1 amide bonds. The van der Waals surface area contributed by atoms with Crippen LogP contribution in [0, 0.1) is 5.82 Å². The van der Waals surface area contributed by atoms with Crippen LogP contribution in [0.5, 0.6) is 0 Å². The van der Waals surface area contributed by atoms with Crippen molar-refractivity contribution in [2.75, 3.05) is 0 Å². The topological polar surface area (TPSA) is 29.1 Å². The minimum Gasteiger partial charge on any atom is -0.349 e. The van der Waals surface area contributed by atoms with E-state index < -0.39 is 11.7 Å². The molecule has 0 aromatic heterocycles. The molecule has 21 heavy (non-hydrogen) atoms. The number of benzene rings is 2. The zero-order valence-corrected chi connectivity index (χ0v) is 12.5. The third kappa shape index (κ3) is 4.57. The first kappa shape index (κ1) is 15.5. The highest BCUT2D eigenvalue weighted by atomic mass is 35.5. The maximum absolute atomic E-state index is 13.6. The molecule has 1 N–H and O–H groups in total. The molecule has 0 saturated carbocycles. The summed E-state index contributed by atoms with van der Waals surface area (Å²) >= 11 is 5.79. The van der Waals surface area contributed by atoms with Gasteiger partial charge in [-0.25, -0.2) is 4.39 Å². The van der Waals surface area contributed by atoms with E-state index in [2.05, 4.69) is 5.32 Å². The fourth-order valence-corrected chi connectivity index (χ4v) is 2.25. The molecule has 0 spiro atoms. The first-order chi connectivity index (χ1) is 10.1. The van der Waals surface area contributed by atoms with Gasteiger partial charge in [0, 0.05) is 11.1 Å². The summed E-state index contributed by atoms with van der Waals surface area (Å²) < 4.78 is 13.6. The number of carbonyl (C=O) groups excluding carboxylic acids is 1. The molecule has 1 unspecified atom stereocenters. The van der Waals surface area contributed by atoms with Gasteiger partial charge in [-0.15, -0.1) is 0 Å². The molecule has 0 saturated heterocycles. The van der Waals surface area contributed by atoms with Crippen LogP contribution >= 0.6 is 11.6 Å². The van der Waals surface area contributed by atoms with Gasteiger partial charge in [-0.05, 0) is 43.5 Å². The average Bonchev–Trinajstić information content (AvgIpc) is 2.48. The van der Waals surface area contributed by atoms with Gasteiger partial charge in [0.2, 0.25) is 0 Å². The quantitative estimate of drug-likeness (QED) is 0.880. The Morgan fingerprint density at radius 3 is 2.67 bits per heavy atom. The lowest BCUT2D eigenvalue weighted by Gasteiger charge is -2.14. The molecule has 110 valence electrons. The highest BCUT2D eigenvalue weighted by Crippen LogP contribution is 2.15. The fourth-order valence-electron chi connectivity index (χ4n) is 2.07. The second kappa shape index (κ2) is 7.23. The van der Waals surface area contributed by atoms with E-state index in [0.717, 1.165) is 12.8 Å². The molecule has 2 aromatic carbocycles. The minimum absolute atomic E-state index is 0.0194. The first-order valence-corrected chi connectivity index (χ1v) is 7.24. The third-order valence-electron chi connectivity index (χ3n) is 3.26. The molecule has 2 aromatic rings. The normalized spacial score (nSPS) is 12.0. The summed E-state index contributed by atoms with van der Waals surface area (Å²) in [5.74, 6) is -0.997. The predicted octanol–water partition coefficient (Wildman–Crippen LogP) is 4.23. The van der Waals surface area contributed by atoms with E-state index in [1.807, 2.05) is 37.3 Å². The predicted molar refractivity (Wildman–Crippen MR) is 83.1 cm³/mol. The SMILES string of the molecule is CC(CCc1ccccc1)NC(=O)c1cc(Cl)ccc1F. The second-order valence-electron chi connectivity index (χ2n) is 5.02. The van der Waals surface area contributed by atoms with Crippen LogP contribution in [0.2, 0.25) is 5.02 Å². The third-order valence-corrected chi connectivity index (χ3v) is 3.49. The van der Waals surface area contributed by atoms with Crippen LogP contribution in [-0.2, 0) is 6.42 Å². The van der Waals surface area contributed by atoms with Gasteiger partial charge in [0.25, 0.3) is 5.91 Å². The standard InChI is InChI=1S/C17H17ClFNO/c1-12(7-8-13-5-3-2-4-6-13)20-17(21)15-11-14(18)9-10-16(15)19/h2-6,9-12H,7-8H2,1H3,(H,20,21). The Bertz CT molecular complexity index is 615. The fraction of sp³-hybridized carbons (Fsp3) is 0.235. The van der Waals surface area contributed by atoms with Gasteiger partial charge in [0.1, 0.15) is 5.82 Å². The van der Waals surface area contributed by atoms with E-state index in [0.29, 0.717) is 5.02 Å². The highest BCUT2D eigenvalue weighted by Gasteiger charge is 2.14. The van der Waals surface area contributed by atoms with Gasteiger partial charge in [-0.1, -0.05) is 41.9 Å². The molecular weight excluding hydrogens is 289 g/mol. The summed E-state index contributed by atoms with van der Waals surface area (Å²) in [6, 6.07) is 14.0. The smallest absolute Gasteiger partial charge is 0.254 e. The van der Waals surface area contributed by atoms with Gasteiger partial charge >= 0.3 is 0 Å². The summed E-state index contributed by atoms with van der Waals surface area (Å²) in [6.07, 6.45) is 1.65. The Morgan fingerprint density at radius 1 is 1.24 bits per heavy atom. The van der Waals surface area contributed by atoms with Crippen molar-refractivity contribution in [1.29, 1.82) is 0 Å². The molecule has 0 aliphatic carbocycles. The number of hydrogen-bond donors (Lipinski definition) is 1. The van der Waals surface area contributed by atoms with Crippen LogP contribution in [0.25, 0.3) is 0 Å². The summed E-state index contributed by atoms with van der Waals surface area (Å²) in [7, 11) is 0. The van der Waals surface area contributed by atoms with Gasteiger partial charge < -0.3 is 5.32 Å². The van der Waals surface area contributed by atoms with E-state index in [-0.39, 0.29) is 11.6 Å².